The van der Waals surface area contributed by atoms with E-state index in [1.54, 1.807) is 6.07 Å². The van der Waals surface area contributed by atoms with Crippen molar-refractivity contribution in [2.75, 3.05) is 0 Å². The second-order valence-corrected chi connectivity index (χ2v) is 7.97. The van der Waals surface area contributed by atoms with Gasteiger partial charge in [0.25, 0.3) is 0 Å². The molecule has 0 N–H and O–H groups in total. The minimum absolute atomic E-state index is 0.201. The maximum absolute atomic E-state index is 11.7. The first kappa shape index (κ1) is 16.0. The summed E-state index contributed by atoms with van der Waals surface area (Å²) in [5.74, 6) is 0. The van der Waals surface area contributed by atoms with Gasteiger partial charge >= 0.3 is 0 Å². The van der Waals surface area contributed by atoms with Crippen molar-refractivity contribution in [2.24, 2.45) is 0 Å². The van der Waals surface area contributed by atoms with Crippen LogP contribution >= 0.6 is 69.6 Å². The summed E-state index contributed by atoms with van der Waals surface area (Å²) in [5, 5.41) is 11.7. The van der Waals surface area contributed by atoms with E-state index in [1.807, 2.05) is 0 Å². The minimum Gasteiger partial charge on any atom is -0.228 e. The zero-order valence-electron chi connectivity index (χ0n) is 8.49. The van der Waals surface area contributed by atoms with Gasteiger partial charge in [-0.15, -0.1) is 0 Å². The summed E-state index contributed by atoms with van der Waals surface area (Å²) < 4.78 is -3.47. The Morgan fingerprint density at radius 1 is 0.941 bits per heavy atom. The van der Waals surface area contributed by atoms with Crippen molar-refractivity contribution in [3.05, 3.63) is 34.9 Å². The molecule has 1 radical (unpaired) electrons. The van der Waals surface area contributed by atoms with Gasteiger partial charge in [-0.25, -0.2) is 5.11 Å². The van der Waals surface area contributed by atoms with Gasteiger partial charge in [0, 0.05) is 11.1 Å². The van der Waals surface area contributed by atoms with Gasteiger partial charge in [-0.3, -0.25) is 0 Å². The molecule has 0 amide bonds. The van der Waals surface area contributed by atoms with Crippen LogP contribution in [0.15, 0.2) is 18.2 Å². The molecule has 1 rings (SSSR count). The molecule has 0 saturated heterocycles. The van der Waals surface area contributed by atoms with E-state index in [2.05, 4.69) is 0 Å². The van der Waals surface area contributed by atoms with E-state index in [0.29, 0.717) is 0 Å². The van der Waals surface area contributed by atoms with Crippen molar-refractivity contribution < 1.29 is 5.11 Å². The summed E-state index contributed by atoms with van der Waals surface area (Å²) in [6.45, 7) is 1.40. The van der Waals surface area contributed by atoms with Crippen LogP contribution in [0.5, 0.6) is 0 Å². The topological polar surface area (TPSA) is 19.9 Å². The van der Waals surface area contributed by atoms with Gasteiger partial charge in [0.2, 0.25) is 7.59 Å². The molecule has 0 aliphatic rings. The lowest BCUT2D eigenvalue weighted by atomic mass is 9.98. The van der Waals surface area contributed by atoms with Gasteiger partial charge in [-0.05, 0) is 12.5 Å². The van der Waals surface area contributed by atoms with E-state index in [9.17, 15) is 5.11 Å². The molecule has 1 aromatic carbocycles. The number of rotatable bonds is 1. The molecule has 7 heteroatoms. The summed E-state index contributed by atoms with van der Waals surface area (Å²) in [6, 6.07) is 4.62. The minimum atomic E-state index is -1.74. The van der Waals surface area contributed by atoms with Crippen molar-refractivity contribution >= 4 is 69.6 Å². The van der Waals surface area contributed by atoms with Crippen molar-refractivity contribution in [3.8, 4) is 0 Å². The first-order valence-corrected chi connectivity index (χ1v) is 6.75. The third-order valence-electron chi connectivity index (χ3n) is 2.12. The van der Waals surface area contributed by atoms with Gasteiger partial charge in [-0.2, -0.15) is 0 Å². The van der Waals surface area contributed by atoms with Crippen molar-refractivity contribution in [1.29, 1.82) is 0 Å². The highest BCUT2D eigenvalue weighted by Crippen LogP contribution is 2.48. The highest BCUT2D eigenvalue weighted by atomic mass is 35.6. The van der Waals surface area contributed by atoms with E-state index in [-0.39, 0.29) is 16.7 Å². The van der Waals surface area contributed by atoms with E-state index < -0.39 is 13.7 Å². The molecule has 17 heavy (non-hydrogen) atoms. The summed E-state index contributed by atoms with van der Waals surface area (Å²) >= 11 is 34.8. The number of alkyl halides is 6. The average Bonchev–Trinajstić information content (AvgIpc) is 2.13. The van der Waals surface area contributed by atoms with Crippen LogP contribution in [-0.4, -0.2) is 0 Å². The number of benzene rings is 1. The predicted octanol–water partition coefficient (Wildman–Crippen LogP) is 5.83. The van der Waals surface area contributed by atoms with Crippen LogP contribution in [0, 0.1) is 0 Å². The zero-order valence-corrected chi connectivity index (χ0v) is 13.0. The van der Waals surface area contributed by atoms with Crippen molar-refractivity contribution in [3.63, 3.8) is 0 Å². The molecule has 1 unspecified atom stereocenters. The van der Waals surface area contributed by atoms with Crippen LogP contribution in [0.1, 0.15) is 29.7 Å². The molecule has 0 saturated carbocycles. The molecule has 0 fully saturated rings. The van der Waals surface area contributed by atoms with Crippen LogP contribution in [0.4, 0.5) is 0 Å². The second-order valence-electron chi connectivity index (χ2n) is 3.40. The summed E-state index contributed by atoms with van der Waals surface area (Å²) in [6.07, 6.45) is -1.17. The molecule has 0 aliphatic carbocycles. The van der Waals surface area contributed by atoms with Crippen molar-refractivity contribution in [1.82, 2.24) is 0 Å². The van der Waals surface area contributed by atoms with Crippen LogP contribution < -0.4 is 0 Å². The fourth-order valence-corrected chi connectivity index (χ4v) is 2.49. The first-order chi connectivity index (χ1) is 7.55. The second kappa shape index (κ2) is 5.50. The smallest absolute Gasteiger partial charge is 0.216 e. The molecular weight excluding hydrogens is 349 g/mol. The quantitative estimate of drug-likeness (QED) is 0.565. The normalized spacial score (nSPS) is 14.8. The first-order valence-electron chi connectivity index (χ1n) is 4.48. The lowest BCUT2D eigenvalue weighted by Crippen LogP contribution is -2.14. The van der Waals surface area contributed by atoms with Gasteiger partial charge in [0.1, 0.15) is 6.10 Å². The highest BCUT2D eigenvalue weighted by molar-refractivity contribution is 6.67. The summed E-state index contributed by atoms with van der Waals surface area (Å²) in [7, 11) is 0. The Balaban J connectivity index is 3.55. The number of hydrogen-bond donors (Lipinski definition) is 0. The zero-order chi connectivity index (χ0) is 13.4. The van der Waals surface area contributed by atoms with Crippen molar-refractivity contribution in [2.45, 2.75) is 20.6 Å². The Morgan fingerprint density at radius 2 is 1.29 bits per heavy atom. The molecule has 0 bridgehead atoms. The molecule has 95 valence electrons. The van der Waals surface area contributed by atoms with Crippen LogP contribution in [-0.2, 0) is 12.7 Å². The standard InChI is InChI=1S/C10H7Cl6O/c1-5(17)8-6(9(11,12)13)3-2-4-7(8)10(14,15)16/h2-5H,1H3. The maximum atomic E-state index is 11.7. The Kier molecular flexibility index (Phi) is 5.17. The average molecular weight is 356 g/mol. The molecule has 0 heterocycles. The highest BCUT2D eigenvalue weighted by Gasteiger charge is 2.35. The lowest BCUT2D eigenvalue weighted by Gasteiger charge is -2.23. The van der Waals surface area contributed by atoms with Crippen LogP contribution in [0.3, 0.4) is 0 Å². The summed E-state index contributed by atoms with van der Waals surface area (Å²) in [4.78, 5) is 0. The largest absolute Gasteiger partial charge is 0.228 e. The Labute approximate surface area is 130 Å². The SMILES string of the molecule is CC([O])c1c(C(Cl)(Cl)Cl)cccc1C(Cl)(Cl)Cl. The third kappa shape index (κ3) is 3.94. The molecule has 1 aromatic rings. The molecule has 0 aromatic heterocycles. The van der Waals surface area contributed by atoms with Crippen LogP contribution in [0.2, 0.25) is 0 Å². The molecule has 1 nitrogen and oxygen atoms in total. The van der Waals surface area contributed by atoms with E-state index >= 15 is 0 Å². The summed E-state index contributed by atoms with van der Waals surface area (Å²) in [5.41, 5.74) is 0.662. The Morgan fingerprint density at radius 3 is 1.53 bits per heavy atom. The third-order valence-corrected chi connectivity index (χ3v) is 3.35. The van der Waals surface area contributed by atoms with E-state index in [4.69, 9.17) is 69.6 Å². The van der Waals surface area contributed by atoms with Gasteiger partial charge in [0.05, 0.1) is 0 Å². The maximum Gasteiger partial charge on any atom is 0.216 e. The Hall–Kier alpha value is 0.920. The Bertz CT molecular complexity index is 372. The monoisotopic (exact) mass is 353 g/mol. The fourth-order valence-electron chi connectivity index (χ4n) is 1.50. The molecule has 0 aliphatic heterocycles. The number of halogens is 6. The molecular formula is C10H7Cl6O. The van der Waals surface area contributed by atoms with Crippen LogP contribution in [0.25, 0.3) is 0 Å². The van der Waals surface area contributed by atoms with E-state index in [1.165, 1.54) is 19.1 Å². The molecule has 0 spiro atoms. The fraction of sp³-hybridized carbons (Fsp3) is 0.400. The molecule has 1 atom stereocenters. The lowest BCUT2D eigenvalue weighted by molar-refractivity contribution is 0.105. The van der Waals surface area contributed by atoms with Gasteiger partial charge in [0.15, 0.2) is 0 Å². The number of hydrogen-bond acceptors (Lipinski definition) is 0. The van der Waals surface area contributed by atoms with Gasteiger partial charge in [-0.1, -0.05) is 87.8 Å². The predicted molar refractivity (Wildman–Crippen MR) is 74.0 cm³/mol. The van der Waals surface area contributed by atoms with E-state index in [0.717, 1.165) is 0 Å². The van der Waals surface area contributed by atoms with Gasteiger partial charge < -0.3 is 0 Å².